The van der Waals surface area contributed by atoms with Crippen LogP contribution in [0.15, 0.2) is 24.3 Å². The molecule has 1 aromatic rings. The molecule has 108 valence electrons. The van der Waals surface area contributed by atoms with Gasteiger partial charge in [0.05, 0.1) is 5.56 Å². The third kappa shape index (κ3) is 3.10. The van der Waals surface area contributed by atoms with E-state index in [0.29, 0.717) is 6.54 Å². The van der Waals surface area contributed by atoms with Gasteiger partial charge >= 0.3 is 12.0 Å². The number of hydrogen-bond acceptors (Lipinski definition) is 2. The third-order valence-electron chi connectivity index (χ3n) is 3.93. The Morgan fingerprint density at radius 1 is 1.30 bits per heavy atom. The van der Waals surface area contributed by atoms with Crippen molar-refractivity contribution in [2.24, 2.45) is 5.41 Å². The van der Waals surface area contributed by atoms with Gasteiger partial charge in [-0.1, -0.05) is 26.0 Å². The molecule has 1 fully saturated rings. The highest BCUT2D eigenvalue weighted by Crippen LogP contribution is 2.32. The number of urea groups is 1. The van der Waals surface area contributed by atoms with Gasteiger partial charge in [-0.25, -0.2) is 9.59 Å². The summed E-state index contributed by atoms with van der Waals surface area (Å²) in [5.41, 5.74) is 1.41. The predicted octanol–water partition coefficient (Wildman–Crippen LogP) is 2.33. The second-order valence-corrected chi connectivity index (χ2v) is 5.68. The van der Waals surface area contributed by atoms with E-state index in [1.165, 1.54) is 0 Å². The van der Waals surface area contributed by atoms with Crippen molar-refractivity contribution >= 4 is 12.0 Å². The number of rotatable bonds is 4. The smallest absolute Gasteiger partial charge is 0.335 e. The molecule has 1 heterocycles. The molecule has 2 amide bonds. The van der Waals surface area contributed by atoms with E-state index in [0.717, 1.165) is 25.1 Å². The molecule has 0 aromatic heterocycles. The maximum atomic E-state index is 11.9. The number of amides is 2. The summed E-state index contributed by atoms with van der Waals surface area (Å²) in [7, 11) is 0. The molecule has 5 heteroatoms. The molecule has 20 heavy (non-hydrogen) atoms. The maximum Gasteiger partial charge on any atom is 0.335 e. The maximum absolute atomic E-state index is 11.9. The second kappa shape index (κ2) is 5.53. The van der Waals surface area contributed by atoms with E-state index in [4.69, 9.17) is 5.11 Å². The summed E-state index contributed by atoms with van der Waals surface area (Å²) in [5, 5.41) is 11.7. The number of carboxylic acids is 1. The third-order valence-corrected chi connectivity index (χ3v) is 3.93. The van der Waals surface area contributed by atoms with E-state index >= 15 is 0 Å². The van der Waals surface area contributed by atoms with Gasteiger partial charge in [0.25, 0.3) is 0 Å². The standard InChI is InChI=1S/C15H20N2O3/c1-3-15(2)9-17(10-15)14(20)16-8-11-4-6-12(7-5-11)13(18)19/h4-7H,3,8-10H2,1-2H3,(H,16,20)(H,18,19). The van der Waals surface area contributed by atoms with Crippen LogP contribution in [-0.4, -0.2) is 35.1 Å². The molecular formula is C15H20N2O3. The fourth-order valence-corrected chi connectivity index (χ4v) is 2.30. The zero-order valence-corrected chi connectivity index (χ0v) is 11.8. The van der Waals surface area contributed by atoms with Crippen LogP contribution in [0, 0.1) is 5.41 Å². The molecule has 0 atom stereocenters. The van der Waals surface area contributed by atoms with Gasteiger partial charge in [0.15, 0.2) is 0 Å². The number of carboxylic acid groups (broad SMARTS) is 1. The van der Waals surface area contributed by atoms with Crippen LogP contribution in [0.3, 0.4) is 0 Å². The molecule has 0 bridgehead atoms. The molecule has 0 spiro atoms. The Kier molecular flexibility index (Phi) is 3.97. The highest BCUT2D eigenvalue weighted by molar-refractivity contribution is 5.87. The molecule has 1 aromatic carbocycles. The number of nitrogens with one attached hydrogen (secondary N) is 1. The van der Waals surface area contributed by atoms with Gasteiger partial charge in [-0.15, -0.1) is 0 Å². The molecular weight excluding hydrogens is 256 g/mol. The van der Waals surface area contributed by atoms with E-state index < -0.39 is 5.97 Å². The number of nitrogens with zero attached hydrogens (tertiary/aromatic N) is 1. The zero-order chi connectivity index (χ0) is 14.8. The lowest BCUT2D eigenvalue weighted by atomic mass is 9.80. The number of benzene rings is 1. The van der Waals surface area contributed by atoms with E-state index in [1.54, 1.807) is 29.2 Å². The van der Waals surface area contributed by atoms with Crippen molar-refractivity contribution in [3.63, 3.8) is 0 Å². The van der Waals surface area contributed by atoms with E-state index in [9.17, 15) is 9.59 Å². The Labute approximate surface area is 118 Å². The van der Waals surface area contributed by atoms with Crippen molar-refractivity contribution in [1.82, 2.24) is 10.2 Å². The summed E-state index contributed by atoms with van der Waals surface area (Å²) < 4.78 is 0. The minimum absolute atomic E-state index is 0.0572. The minimum atomic E-state index is -0.944. The van der Waals surface area contributed by atoms with Gasteiger partial charge in [0.2, 0.25) is 0 Å². The lowest BCUT2D eigenvalue weighted by Crippen LogP contribution is -2.59. The first kappa shape index (κ1) is 14.4. The van der Waals surface area contributed by atoms with Gasteiger partial charge in [0.1, 0.15) is 0 Å². The molecule has 2 rings (SSSR count). The summed E-state index contributed by atoms with van der Waals surface area (Å²) >= 11 is 0. The van der Waals surface area contributed by atoms with Crippen LogP contribution < -0.4 is 5.32 Å². The average Bonchev–Trinajstić information content (AvgIpc) is 2.41. The Morgan fingerprint density at radius 2 is 1.90 bits per heavy atom. The fourth-order valence-electron chi connectivity index (χ4n) is 2.30. The molecule has 0 unspecified atom stereocenters. The van der Waals surface area contributed by atoms with Gasteiger partial charge in [0, 0.05) is 25.0 Å². The highest BCUT2D eigenvalue weighted by atomic mass is 16.4. The van der Waals surface area contributed by atoms with E-state index in [-0.39, 0.29) is 17.0 Å². The molecule has 0 aliphatic carbocycles. The molecule has 1 aliphatic heterocycles. The van der Waals surface area contributed by atoms with Gasteiger partial charge in [-0.2, -0.15) is 0 Å². The second-order valence-electron chi connectivity index (χ2n) is 5.68. The van der Waals surface area contributed by atoms with E-state index in [1.807, 2.05) is 0 Å². The monoisotopic (exact) mass is 276 g/mol. The van der Waals surface area contributed by atoms with Crippen LogP contribution in [0.5, 0.6) is 0 Å². The molecule has 0 radical (unpaired) electrons. The molecule has 1 aliphatic rings. The Hall–Kier alpha value is -2.04. The summed E-state index contributed by atoms with van der Waals surface area (Å²) in [6.07, 6.45) is 1.08. The van der Waals surface area contributed by atoms with Crippen molar-refractivity contribution in [2.45, 2.75) is 26.8 Å². The number of likely N-dealkylation sites (tertiary alicyclic amines) is 1. The lowest BCUT2D eigenvalue weighted by molar-refractivity contribution is 0.0435. The first-order valence-corrected chi connectivity index (χ1v) is 6.78. The lowest BCUT2D eigenvalue weighted by Gasteiger charge is -2.47. The van der Waals surface area contributed by atoms with Crippen molar-refractivity contribution in [3.8, 4) is 0 Å². The Bertz CT molecular complexity index is 504. The SMILES string of the molecule is CCC1(C)CN(C(=O)NCc2ccc(C(=O)O)cc2)C1. The summed E-state index contributed by atoms with van der Waals surface area (Å²) in [5.74, 6) is -0.944. The van der Waals surface area contributed by atoms with Gasteiger partial charge < -0.3 is 15.3 Å². The minimum Gasteiger partial charge on any atom is -0.478 e. The highest BCUT2D eigenvalue weighted by Gasteiger charge is 2.39. The number of carbonyl (C=O) groups excluding carboxylic acids is 1. The topological polar surface area (TPSA) is 69.6 Å². The fraction of sp³-hybridized carbons (Fsp3) is 0.467. The normalized spacial score (nSPS) is 16.4. The first-order valence-electron chi connectivity index (χ1n) is 6.78. The largest absolute Gasteiger partial charge is 0.478 e. The number of carbonyl (C=O) groups is 2. The quantitative estimate of drug-likeness (QED) is 0.886. The summed E-state index contributed by atoms with van der Waals surface area (Å²) in [6.45, 7) is 6.33. The summed E-state index contributed by atoms with van der Waals surface area (Å²) in [4.78, 5) is 24.4. The van der Waals surface area contributed by atoms with Crippen molar-refractivity contribution in [2.75, 3.05) is 13.1 Å². The molecule has 5 nitrogen and oxygen atoms in total. The molecule has 2 N–H and O–H groups in total. The first-order chi connectivity index (χ1) is 9.43. The van der Waals surface area contributed by atoms with Crippen molar-refractivity contribution in [3.05, 3.63) is 35.4 Å². The van der Waals surface area contributed by atoms with E-state index in [2.05, 4.69) is 19.2 Å². The summed E-state index contributed by atoms with van der Waals surface area (Å²) in [6, 6.07) is 6.47. The van der Waals surface area contributed by atoms with Crippen LogP contribution in [0.1, 0.15) is 36.2 Å². The molecule has 1 saturated heterocycles. The van der Waals surface area contributed by atoms with Crippen LogP contribution in [0.2, 0.25) is 0 Å². The number of aromatic carboxylic acids is 1. The Morgan fingerprint density at radius 3 is 2.40 bits per heavy atom. The van der Waals surface area contributed by atoms with Gasteiger partial charge in [-0.05, 0) is 24.1 Å². The zero-order valence-electron chi connectivity index (χ0n) is 11.8. The molecule has 0 saturated carbocycles. The van der Waals surface area contributed by atoms with Crippen LogP contribution >= 0.6 is 0 Å². The van der Waals surface area contributed by atoms with Crippen molar-refractivity contribution in [1.29, 1.82) is 0 Å². The van der Waals surface area contributed by atoms with Crippen LogP contribution in [0.4, 0.5) is 4.79 Å². The van der Waals surface area contributed by atoms with Crippen LogP contribution in [-0.2, 0) is 6.54 Å². The Balaban J connectivity index is 1.81. The average molecular weight is 276 g/mol. The predicted molar refractivity (Wildman–Crippen MR) is 75.6 cm³/mol. The number of hydrogen-bond donors (Lipinski definition) is 2. The van der Waals surface area contributed by atoms with Crippen molar-refractivity contribution < 1.29 is 14.7 Å². The van der Waals surface area contributed by atoms with Crippen LogP contribution in [0.25, 0.3) is 0 Å². The van der Waals surface area contributed by atoms with Gasteiger partial charge in [-0.3, -0.25) is 0 Å².